The maximum Gasteiger partial charge on any atom is 0.315 e. The van der Waals surface area contributed by atoms with E-state index in [1.54, 1.807) is 6.07 Å². The van der Waals surface area contributed by atoms with Gasteiger partial charge >= 0.3 is 5.69 Å². The average molecular weight is 392 g/mol. The van der Waals surface area contributed by atoms with Gasteiger partial charge in [-0.3, -0.25) is 15.5 Å². The Morgan fingerprint density at radius 2 is 2.19 bits per heavy atom. The lowest BCUT2D eigenvalue weighted by Crippen LogP contribution is -2.04. The third-order valence-corrected chi connectivity index (χ3v) is 4.58. The number of nitrogens with one attached hydrogen (secondary N) is 1. The molecule has 9 heteroatoms. The first kappa shape index (κ1) is 20.6. The van der Waals surface area contributed by atoms with Crippen LogP contribution in [0.2, 0.25) is 0 Å². The Bertz CT molecular complexity index is 792. The van der Waals surface area contributed by atoms with Gasteiger partial charge in [-0.1, -0.05) is 26.2 Å². The highest BCUT2D eigenvalue weighted by molar-refractivity contribution is 7.13. The van der Waals surface area contributed by atoms with Gasteiger partial charge in [-0.25, -0.2) is 4.98 Å². The van der Waals surface area contributed by atoms with Crippen LogP contribution in [0.5, 0.6) is 11.5 Å². The van der Waals surface area contributed by atoms with Gasteiger partial charge in [-0.2, -0.15) is 5.10 Å². The molecule has 1 aromatic carbocycles. The number of benzene rings is 1. The zero-order chi connectivity index (χ0) is 19.6. The number of unbranched alkanes of at least 4 members (excludes halogenated alkanes) is 3. The SMILES string of the molecule is CCCCCCOc1c(OC)cc(/C=N\Nc2nc(C)cs2)cc1[N+](=O)[O-]. The van der Waals surface area contributed by atoms with E-state index in [1.165, 1.54) is 30.7 Å². The van der Waals surface area contributed by atoms with Crippen LogP contribution < -0.4 is 14.9 Å². The summed E-state index contributed by atoms with van der Waals surface area (Å²) < 4.78 is 11.0. The predicted molar refractivity (Wildman–Crippen MR) is 107 cm³/mol. The molecule has 0 fully saturated rings. The van der Waals surface area contributed by atoms with E-state index in [4.69, 9.17) is 9.47 Å². The van der Waals surface area contributed by atoms with Crippen LogP contribution in [-0.2, 0) is 0 Å². The maximum absolute atomic E-state index is 11.5. The number of thiazole rings is 1. The summed E-state index contributed by atoms with van der Waals surface area (Å²) >= 11 is 1.43. The average Bonchev–Trinajstić information content (AvgIpc) is 3.06. The number of aromatic nitrogens is 1. The molecule has 0 radical (unpaired) electrons. The number of methoxy groups -OCH3 is 1. The minimum absolute atomic E-state index is 0.142. The molecular formula is C18H24N4O4S. The van der Waals surface area contributed by atoms with Gasteiger partial charge in [0, 0.05) is 17.0 Å². The second-order valence-corrected chi connectivity index (χ2v) is 6.76. The van der Waals surface area contributed by atoms with Crippen molar-refractivity contribution in [1.82, 2.24) is 4.98 Å². The molecule has 0 saturated carbocycles. The van der Waals surface area contributed by atoms with Crippen LogP contribution >= 0.6 is 11.3 Å². The first-order chi connectivity index (χ1) is 13.0. The van der Waals surface area contributed by atoms with Gasteiger partial charge < -0.3 is 9.47 Å². The van der Waals surface area contributed by atoms with Crippen LogP contribution in [0.1, 0.15) is 43.9 Å². The molecular weight excluding hydrogens is 368 g/mol. The molecule has 0 amide bonds. The molecule has 1 heterocycles. The Morgan fingerprint density at radius 3 is 2.81 bits per heavy atom. The first-order valence-electron chi connectivity index (χ1n) is 8.75. The van der Waals surface area contributed by atoms with Gasteiger partial charge in [0.05, 0.1) is 30.5 Å². The number of nitro benzene ring substituents is 1. The van der Waals surface area contributed by atoms with Crippen LogP contribution in [0.15, 0.2) is 22.6 Å². The zero-order valence-corrected chi connectivity index (χ0v) is 16.5. The topological polar surface area (TPSA) is 98.9 Å². The number of ether oxygens (including phenoxy) is 2. The number of hydrazone groups is 1. The molecule has 146 valence electrons. The monoisotopic (exact) mass is 392 g/mol. The van der Waals surface area contributed by atoms with Gasteiger partial charge in [0.1, 0.15) is 0 Å². The van der Waals surface area contributed by atoms with E-state index in [2.05, 4.69) is 22.4 Å². The Kier molecular flexibility index (Phi) is 8.00. The number of nitro groups is 1. The largest absolute Gasteiger partial charge is 0.493 e. The molecule has 1 aromatic heterocycles. The third-order valence-electron chi connectivity index (χ3n) is 3.71. The Morgan fingerprint density at radius 1 is 1.37 bits per heavy atom. The standard InChI is InChI=1S/C18H24N4O4S/c1-4-5-6-7-8-26-17-15(22(23)24)9-14(10-16(17)25-3)11-19-21-18-20-13(2)12-27-18/h9-12H,4-8H2,1-3H3,(H,20,21)/b19-11-. The van der Waals surface area contributed by atoms with Crippen LogP contribution in [0.25, 0.3) is 0 Å². The highest BCUT2D eigenvalue weighted by Crippen LogP contribution is 2.38. The van der Waals surface area contributed by atoms with Crippen molar-refractivity contribution in [3.8, 4) is 11.5 Å². The van der Waals surface area contributed by atoms with Gasteiger partial charge in [-0.15, -0.1) is 11.3 Å². The highest BCUT2D eigenvalue weighted by Gasteiger charge is 2.22. The summed E-state index contributed by atoms with van der Waals surface area (Å²) in [4.78, 5) is 15.2. The van der Waals surface area contributed by atoms with E-state index < -0.39 is 4.92 Å². The molecule has 2 aromatic rings. The summed E-state index contributed by atoms with van der Waals surface area (Å²) in [5, 5.41) is 18.1. The summed E-state index contributed by atoms with van der Waals surface area (Å²) in [5.74, 6) is 0.464. The molecule has 0 bridgehead atoms. The van der Waals surface area contributed by atoms with E-state index in [9.17, 15) is 10.1 Å². The lowest BCUT2D eigenvalue weighted by Gasteiger charge is -2.11. The van der Waals surface area contributed by atoms with Gasteiger partial charge in [0.15, 0.2) is 5.75 Å². The summed E-state index contributed by atoms with van der Waals surface area (Å²) in [5.41, 5.74) is 4.09. The molecule has 0 aliphatic heterocycles. The number of aryl methyl sites for hydroxylation is 1. The van der Waals surface area contributed by atoms with Crippen LogP contribution in [0.4, 0.5) is 10.8 Å². The number of nitrogens with zero attached hydrogens (tertiary/aromatic N) is 3. The second-order valence-electron chi connectivity index (χ2n) is 5.90. The number of hydrogen-bond donors (Lipinski definition) is 1. The van der Waals surface area contributed by atoms with Gasteiger partial charge in [0.2, 0.25) is 10.9 Å². The molecule has 0 saturated heterocycles. The molecule has 2 rings (SSSR count). The molecule has 1 N–H and O–H groups in total. The van der Waals surface area contributed by atoms with Crippen LogP contribution in [-0.4, -0.2) is 29.8 Å². The molecule has 8 nitrogen and oxygen atoms in total. The predicted octanol–water partition coefficient (Wildman–Crippen LogP) is 4.77. The van der Waals surface area contributed by atoms with E-state index in [1.807, 2.05) is 12.3 Å². The highest BCUT2D eigenvalue weighted by atomic mass is 32.1. The quantitative estimate of drug-likeness (QED) is 0.256. The molecule has 0 atom stereocenters. The summed E-state index contributed by atoms with van der Waals surface area (Å²) in [6.45, 7) is 4.43. The van der Waals surface area contributed by atoms with Crippen molar-refractivity contribution >= 4 is 28.4 Å². The first-order valence-corrected chi connectivity index (χ1v) is 9.63. The van der Waals surface area contributed by atoms with Crippen molar-refractivity contribution in [3.05, 3.63) is 38.9 Å². The van der Waals surface area contributed by atoms with Gasteiger partial charge in [-0.05, 0) is 19.4 Å². The van der Waals surface area contributed by atoms with E-state index in [-0.39, 0.29) is 11.4 Å². The van der Waals surface area contributed by atoms with Crippen molar-refractivity contribution in [3.63, 3.8) is 0 Å². The third kappa shape index (κ3) is 6.21. The van der Waals surface area contributed by atoms with E-state index in [0.717, 1.165) is 31.4 Å². The van der Waals surface area contributed by atoms with Crippen molar-refractivity contribution in [1.29, 1.82) is 0 Å². The van der Waals surface area contributed by atoms with E-state index in [0.29, 0.717) is 23.1 Å². The fraction of sp³-hybridized carbons (Fsp3) is 0.444. The molecule has 0 unspecified atom stereocenters. The molecule has 0 spiro atoms. The summed E-state index contributed by atoms with van der Waals surface area (Å²) in [6.07, 6.45) is 5.58. The van der Waals surface area contributed by atoms with E-state index >= 15 is 0 Å². The minimum Gasteiger partial charge on any atom is -0.493 e. The Labute approximate surface area is 162 Å². The Hall–Kier alpha value is -2.68. The number of anilines is 1. The lowest BCUT2D eigenvalue weighted by molar-refractivity contribution is -0.386. The maximum atomic E-state index is 11.5. The zero-order valence-electron chi connectivity index (χ0n) is 15.7. The number of hydrogen-bond acceptors (Lipinski definition) is 8. The minimum atomic E-state index is -0.473. The summed E-state index contributed by atoms with van der Waals surface area (Å²) in [6, 6.07) is 3.08. The molecule has 0 aliphatic rings. The molecule has 27 heavy (non-hydrogen) atoms. The van der Waals surface area contributed by atoms with Crippen molar-refractivity contribution < 1.29 is 14.4 Å². The van der Waals surface area contributed by atoms with Crippen LogP contribution in [0, 0.1) is 17.0 Å². The van der Waals surface area contributed by atoms with Gasteiger partial charge in [0.25, 0.3) is 0 Å². The Balaban J connectivity index is 2.14. The molecule has 0 aliphatic carbocycles. The number of rotatable bonds is 11. The summed E-state index contributed by atoms with van der Waals surface area (Å²) in [7, 11) is 1.46. The second kappa shape index (κ2) is 10.5. The van der Waals surface area contributed by atoms with Crippen LogP contribution in [0.3, 0.4) is 0 Å². The van der Waals surface area contributed by atoms with Crippen molar-refractivity contribution in [2.24, 2.45) is 5.10 Å². The fourth-order valence-corrected chi connectivity index (χ4v) is 3.02. The lowest BCUT2D eigenvalue weighted by atomic mass is 10.1. The normalized spacial score (nSPS) is 10.9. The smallest absolute Gasteiger partial charge is 0.315 e. The van der Waals surface area contributed by atoms with Crippen molar-refractivity contribution in [2.45, 2.75) is 39.5 Å². The van der Waals surface area contributed by atoms with Crippen molar-refractivity contribution in [2.75, 3.05) is 19.1 Å². The fourth-order valence-electron chi connectivity index (χ4n) is 2.39.